The normalized spacial score (nSPS) is 12.5. The monoisotopic (exact) mass is 294 g/mol. The zero-order valence-electron chi connectivity index (χ0n) is 9.32. The summed E-state index contributed by atoms with van der Waals surface area (Å²) in [7, 11) is 0. The molecule has 0 aliphatic rings. The second-order valence-corrected chi connectivity index (χ2v) is 4.73. The Bertz CT molecular complexity index is 543. The van der Waals surface area contributed by atoms with Crippen LogP contribution in [0.25, 0.3) is 0 Å². The van der Waals surface area contributed by atoms with Gasteiger partial charge in [0.25, 0.3) is 0 Å². The molecule has 0 aliphatic carbocycles. The summed E-state index contributed by atoms with van der Waals surface area (Å²) < 4.78 is 14.5. The van der Waals surface area contributed by atoms with Gasteiger partial charge in [-0.15, -0.1) is 0 Å². The molecule has 1 heterocycles. The van der Waals surface area contributed by atoms with Gasteiger partial charge >= 0.3 is 0 Å². The summed E-state index contributed by atoms with van der Waals surface area (Å²) in [5.41, 5.74) is 8.13. The molecule has 2 aromatic rings. The predicted octanol–water partition coefficient (Wildman–Crippen LogP) is 3.34. The van der Waals surface area contributed by atoms with Crippen LogP contribution in [0, 0.1) is 12.7 Å². The molecule has 1 unspecified atom stereocenters. The quantitative estimate of drug-likeness (QED) is 0.923. The van der Waals surface area contributed by atoms with Crippen LogP contribution in [0.15, 0.2) is 41.0 Å². The van der Waals surface area contributed by atoms with E-state index in [9.17, 15) is 4.39 Å². The van der Waals surface area contributed by atoms with E-state index in [1.54, 1.807) is 24.4 Å². The first-order valence-corrected chi connectivity index (χ1v) is 6.01. The van der Waals surface area contributed by atoms with Crippen LogP contribution < -0.4 is 5.73 Å². The number of nitrogens with zero attached hydrogens (tertiary/aromatic N) is 1. The van der Waals surface area contributed by atoms with E-state index >= 15 is 0 Å². The number of aryl methyl sites for hydroxylation is 1. The molecule has 0 spiro atoms. The van der Waals surface area contributed by atoms with Crippen molar-refractivity contribution in [1.82, 2.24) is 4.98 Å². The van der Waals surface area contributed by atoms with Crippen LogP contribution in [0.2, 0.25) is 0 Å². The minimum atomic E-state index is -0.564. The SMILES string of the molecule is Cc1ccc(F)c(C(N)c2ncccc2Br)c1. The molecule has 2 nitrogen and oxygen atoms in total. The van der Waals surface area contributed by atoms with E-state index in [4.69, 9.17) is 5.73 Å². The van der Waals surface area contributed by atoms with Gasteiger partial charge in [0, 0.05) is 16.2 Å². The second-order valence-electron chi connectivity index (χ2n) is 3.87. The minimum absolute atomic E-state index is 0.305. The Balaban J connectivity index is 2.47. The van der Waals surface area contributed by atoms with Crippen molar-refractivity contribution in [2.75, 3.05) is 0 Å². The molecule has 0 saturated carbocycles. The Morgan fingerprint density at radius 1 is 1.35 bits per heavy atom. The lowest BCUT2D eigenvalue weighted by atomic mass is 10.0. The first-order valence-electron chi connectivity index (χ1n) is 5.21. The highest BCUT2D eigenvalue weighted by Crippen LogP contribution is 2.26. The maximum absolute atomic E-state index is 13.7. The van der Waals surface area contributed by atoms with Gasteiger partial charge in [0.1, 0.15) is 5.82 Å². The summed E-state index contributed by atoms with van der Waals surface area (Å²) in [4.78, 5) is 4.19. The van der Waals surface area contributed by atoms with Crippen molar-refractivity contribution in [1.29, 1.82) is 0 Å². The molecule has 1 aromatic heterocycles. The number of halogens is 2. The van der Waals surface area contributed by atoms with Crippen molar-refractivity contribution < 1.29 is 4.39 Å². The van der Waals surface area contributed by atoms with Gasteiger partial charge < -0.3 is 5.73 Å². The predicted molar refractivity (Wildman–Crippen MR) is 69.1 cm³/mol. The van der Waals surface area contributed by atoms with Crippen LogP contribution in [-0.4, -0.2) is 4.98 Å². The number of nitrogens with two attached hydrogens (primary N) is 1. The number of hydrogen-bond donors (Lipinski definition) is 1. The molecule has 0 fully saturated rings. The third-order valence-corrected chi connectivity index (χ3v) is 3.24. The highest BCUT2D eigenvalue weighted by Gasteiger charge is 2.17. The van der Waals surface area contributed by atoms with Crippen LogP contribution >= 0.6 is 15.9 Å². The van der Waals surface area contributed by atoms with Crippen molar-refractivity contribution in [2.45, 2.75) is 13.0 Å². The van der Waals surface area contributed by atoms with Gasteiger partial charge in [-0.3, -0.25) is 4.98 Å². The van der Waals surface area contributed by atoms with Crippen molar-refractivity contribution in [3.63, 3.8) is 0 Å². The molecule has 1 aromatic carbocycles. The van der Waals surface area contributed by atoms with Crippen LogP contribution in [-0.2, 0) is 0 Å². The maximum Gasteiger partial charge on any atom is 0.128 e. The maximum atomic E-state index is 13.7. The fourth-order valence-corrected chi connectivity index (χ4v) is 2.18. The summed E-state index contributed by atoms with van der Waals surface area (Å²) in [6.45, 7) is 1.91. The van der Waals surface area contributed by atoms with Gasteiger partial charge in [-0.2, -0.15) is 0 Å². The van der Waals surface area contributed by atoms with Gasteiger partial charge in [-0.1, -0.05) is 17.7 Å². The molecule has 17 heavy (non-hydrogen) atoms. The lowest BCUT2D eigenvalue weighted by Gasteiger charge is -2.14. The van der Waals surface area contributed by atoms with Crippen molar-refractivity contribution in [3.8, 4) is 0 Å². The molecule has 0 bridgehead atoms. The first kappa shape index (κ1) is 12.2. The minimum Gasteiger partial charge on any atom is -0.319 e. The van der Waals surface area contributed by atoms with Gasteiger partial charge in [0.05, 0.1) is 11.7 Å². The van der Waals surface area contributed by atoms with E-state index in [2.05, 4.69) is 20.9 Å². The molecule has 0 aliphatic heterocycles. The summed E-state index contributed by atoms with van der Waals surface area (Å²) >= 11 is 3.37. The largest absolute Gasteiger partial charge is 0.319 e. The standard InChI is InChI=1S/C13H12BrFN2/c1-8-4-5-11(15)9(7-8)12(16)13-10(14)3-2-6-17-13/h2-7,12H,16H2,1H3. The van der Waals surface area contributed by atoms with E-state index in [0.717, 1.165) is 10.0 Å². The Kier molecular flexibility index (Phi) is 3.54. The van der Waals surface area contributed by atoms with Gasteiger partial charge in [-0.05, 0) is 41.1 Å². The molecular weight excluding hydrogens is 283 g/mol. The molecular formula is C13H12BrFN2. The van der Waals surface area contributed by atoms with Crippen molar-refractivity contribution in [3.05, 3.63) is 63.6 Å². The molecule has 2 N–H and O–H groups in total. The number of benzene rings is 1. The zero-order valence-corrected chi connectivity index (χ0v) is 10.9. The summed E-state index contributed by atoms with van der Waals surface area (Å²) in [6, 6.07) is 7.98. The van der Waals surface area contributed by atoms with Gasteiger partial charge in [-0.25, -0.2) is 4.39 Å². The highest BCUT2D eigenvalue weighted by molar-refractivity contribution is 9.10. The van der Waals surface area contributed by atoms with E-state index in [1.165, 1.54) is 6.07 Å². The highest BCUT2D eigenvalue weighted by atomic mass is 79.9. The van der Waals surface area contributed by atoms with Crippen LogP contribution in [0.5, 0.6) is 0 Å². The number of rotatable bonds is 2. The van der Waals surface area contributed by atoms with E-state index in [0.29, 0.717) is 11.3 Å². The molecule has 0 amide bonds. The Morgan fingerprint density at radius 3 is 2.82 bits per heavy atom. The average Bonchev–Trinajstić information content (AvgIpc) is 2.32. The lowest BCUT2D eigenvalue weighted by Crippen LogP contribution is -2.16. The zero-order chi connectivity index (χ0) is 12.4. The molecule has 1 atom stereocenters. The Labute approximate surface area is 108 Å². The third kappa shape index (κ3) is 2.53. The van der Waals surface area contributed by atoms with Crippen LogP contribution in [0.3, 0.4) is 0 Å². The van der Waals surface area contributed by atoms with E-state index in [1.807, 2.05) is 13.0 Å². The number of hydrogen-bond acceptors (Lipinski definition) is 2. The lowest BCUT2D eigenvalue weighted by molar-refractivity contribution is 0.596. The smallest absolute Gasteiger partial charge is 0.128 e. The average molecular weight is 295 g/mol. The van der Waals surface area contributed by atoms with E-state index < -0.39 is 6.04 Å². The summed E-state index contributed by atoms with van der Waals surface area (Å²) in [5, 5.41) is 0. The van der Waals surface area contributed by atoms with Gasteiger partial charge in [0.2, 0.25) is 0 Å². The van der Waals surface area contributed by atoms with Crippen LogP contribution in [0.4, 0.5) is 4.39 Å². The number of aromatic nitrogens is 1. The van der Waals surface area contributed by atoms with E-state index in [-0.39, 0.29) is 5.82 Å². The molecule has 4 heteroatoms. The van der Waals surface area contributed by atoms with Crippen molar-refractivity contribution >= 4 is 15.9 Å². The Hall–Kier alpha value is -1.26. The fourth-order valence-electron chi connectivity index (χ4n) is 1.68. The van der Waals surface area contributed by atoms with Gasteiger partial charge in [0.15, 0.2) is 0 Å². The second kappa shape index (κ2) is 4.94. The summed E-state index contributed by atoms with van der Waals surface area (Å²) in [6.07, 6.45) is 1.65. The molecule has 2 rings (SSSR count). The summed E-state index contributed by atoms with van der Waals surface area (Å²) in [5.74, 6) is -0.305. The topological polar surface area (TPSA) is 38.9 Å². The Morgan fingerprint density at radius 2 is 2.12 bits per heavy atom. The molecule has 0 saturated heterocycles. The van der Waals surface area contributed by atoms with Crippen LogP contribution in [0.1, 0.15) is 22.9 Å². The number of pyridine rings is 1. The fraction of sp³-hybridized carbons (Fsp3) is 0.154. The molecule has 0 radical (unpaired) electrons. The van der Waals surface area contributed by atoms with Crippen molar-refractivity contribution in [2.24, 2.45) is 5.73 Å². The first-order chi connectivity index (χ1) is 8.09. The molecule has 88 valence electrons. The third-order valence-electron chi connectivity index (χ3n) is 2.57.